The standard InChI is InChI=1S/C34H34Cl3N3O8/c1-3-46-34(45)48-19(2)47-32(43)23(18-39-33(44)40-28-12-11-21-8-4-5-10-25(21)28)16-29(41)30-26(36)14-22(15-27(30)37)31(42)38-17-20-7-6-9-24(35)13-20/h4-10,13-15,19,23,28H,3,11-12,16-18H2,1-2H3,(H,38,42)(H2,39,40,44)/t19?,23-,28+/m0/s1. The lowest BCUT2D eigenvalue weighted by atomic mass is 9.97. The second-order valence-corrected chi connectivity index (χ2v) is 12.2. The van der Waals surface area contributed by atoms with Crippen molar-refractivity contribution in [1.29, 1.82) is 0 Å². The number of amides is 3. The molecule has 1 aliphatic rings. The van der Waals surface area contributed by atoms with Crippen molar-refractivity contribution in [2.45, 2.75) is 52.0 Å². The molecule has 0 spiro atoms. The topological polar surface area (TPSA) is 149 Å². The molecule has 0 aromatic heterocycles. The number of benzene rings is 3. The van der Waals surface area contributed by atoms with Gasteiger partial charge in [0.25, 0.3) is 5.91 Å². The van der Waals surface area contributed by atoms with Gasteiger partial charge < -0.3 is 30.2 Å². The van der Waals surface area contributed by atoms with Crippen molar-refractivity contribution in [3.63, 3.8) is 0 Å². The third-order valence-corrected chi connectivity index (χ3v) is 8.28. The van der Waals surface area contributed by atoms with Crippen LogP contribution in [0, 0.1) is 5.92 Å². The molecule has 3 aromatic rings. The number of aryl methyl sites for hydroxylation is 1. The molecular formula is C34H34Cl3N3O8. The molecular weight excluding hydrogens is 685 g/mol. The number of esters is 1. The predicted molar refractivity (Wildman–Crippen MR) is 179 cm³/mol. The first-order valence-electron chi connectivity index (χ1n) is 15.2. The number of hydrogen-bond donors (Lipinski definition) is 3. The Morgan fingerprint density at radius 1 is 0.917 bits per heavy atom. The summed E-state index contributed by atoms with van der Waals surface area (Å²) in [6.45, 7) is 2.80. The number of nitrogens with one attached hydrogen (secondary N) is 3. The SMILES string of the molecule is CCOC(=O)OC(C)OC(=O)[C@H](CNC(=O)N[C@@H]1CCc2ccccc21)CC(=O)c1c(Cl)cc(C(=O)NCc2cccc(Cl)c2)cc1Cl. The van der Waals surface area contributed by atoms with Crippen LogP contribution in [0.25, 0.3) is 0 Å². The zero-order valence-corrected chi connectivity index (χ0v) is 28.4. The fraction of sp³-hybridized carbons (Fsp3) is 0.324. The Labute approximate surface area is 292 Å². The molecule has 0 radical (unpaired) electrons. The number of carbonyl (C=O) groups excluding carboxylic acids is 5. The van der Waals surface area contributed by atoms with Gasteiger partial charge in [0.15, 0.2) is 5.78 Å². The second-order valence-electron chi connectivity index (χ2n) is 10.9. The molecule has 1 aliphatic carbocycles. The third-order valence-electron chi connectivity index (χ3n) is 7.44. The van der Waals surface area contributed by atoms with Crippen molar-refractivity contribution in [2.75, 3.05) is 13.2 Å². The molecule has 0 heterocycles. The molecule has 3 atom stereocenters. The van der Waals surface area contributed by atoms with Crippen LogP contribution in [0.1, 0.15) is 70.1 Å². The summed E-state index contributed by atoms with van der Waals surface area (Å²) in [4.78, 5) is 64.1. The fourth-order valence-corrected chi connectivity index (χ4v) is 6.08. The molecule has 3 N–H and O–H groups in total. The Balaban J connectivity index is 1.44. The van der Waals surface area contributed by atoms with E-state index in [0.29, 0.717) is 11.4 Å². The molecule has 0 fully saturated rings. The normalized spacial score (nSPS) is 14.6. The minimum Gasteiger partial charge on any atom is -0.435 e. The van der Waals surface area contributed by atoms with E-state index in [1.165, 1.54) is 19.1 Å². The highest BCUT2D eigenvalue weighted by Gasteiger charge is 2.30. The Morgan fingerprint density at radius 3 is 2.35 bits per heavy atom. The van der Waals surface area contributed by atoms with E-state index in [2.05, 4.69) is 16.0 Å². The number of ketones is 1. The van der Waals surface area contributed by atoms with Gasteiger partial charge in [0.2, 0.25) is 6.29 Å². The average Bonchev–Trinajstić information content (AvgIpc) is 3.43. The fourth-order valence-electron chi connectivity index (χ4n) is 5.17. The third kappa shape index (κ3) is 10.1. The summed E-state index contributed by atoms with van der Waals surface area (Å²) in [5.74, 6) is -3.31. The molecule has 0 saturated carbocycles. The number of fused-ring (bicyclic) bond motifs is 1. The minimum atomic E-state index is -1.35. The van der Waals surface area contributed by atoms with Crippen molar-refractivity contribution in [3.05, 3.63) is 104 Å². The van der Waals surface area contributed by atoms with Crippen LogP contribution in [0.5, 0.6) is 0 Å². The van der Waals surface area contributed by atoms with Gasteiger partial charge in [-0.3, -0.25) is 14.4 Å². The van der Waals surface area contributed by atoms with Crippen LogP contribution in [0.3, 0.4) is 0 Å². The lowest BCUT2D eigenvalue weighted by Gasteiger charge is -2.21. The van der Waals surface area contributed by atoms with Gasteiger partial charge in [-0.25, -0.2) is 9.59 Å². The Kier molecular flexibility index (Phi) is 13.1. The van der Waals surface area contributed by atoms with Crippen LogP contribution in [0.2, 0.25) is 15.1 Å². The van der Waals surface area contributed by atoms with E-state index in [9.17, 15) is 24.0 Å². The van der Waals surface area contributed by atoms with Crippen molar-refractivity contribution < 1.29 is 38.2 Å². The molecule has 0 bridgehead atoms. The van der Waals surface area contributed by atoms with Gasteiger partial charge >= 0.3 is 18.2 Å². The highest BCUT2D eigenvalue weighted by Crippen LogP contribution is 2.31. The van der Waals surface area contributed by atoms with E-state index in [1.54, 1.807) is 31.2 Å². The zero-order valence-electron chi connectivity index (χ0n) is 26.1. The average molecular weight is 719 g/mol. The maximum atomic E-state index is 13.5. The largest absolute Gasteiger partial charge is 0.511 e. The number of hydrogen-bond acceptors (Lipinski definition) is 8. The lowest BCUT2D eigenvalue weighted by Crippen LogP contribution is -2.42. The van der Waals surface area contributed by atoms with Gasteiger partial charge in [-0.05, 0) is 60.7 Å². The van der Waals surface area contributed by atoms with Crippen LogP contribution >= 0.6 is 34.8 Å². The summed E-state index contributed by atoms with van der Waals surface area (Å²) < 4.78 is 14.9. The number of ether oxygens (including phenoxy) is 3. The quantitative estimate of drug-likeness (QED) is 0.0991. The van der Waals surface area contributed by atoms with Crippen LogP contribution in [-0.4, -0.2) is 49.3 Å². The summed E-state index contributed by atoms with van der Waals surface area (Å²) >= 11 is 18.9. The first kappa shape index (κ1) is 36.5. The first-order chi connectivity index (χ1) is 22.9. The molecule has 0 aliphatic heterocycles. The number of rotatable bonds is 13. The van der Waals surface area contributed by atoms with Crippen LogP contribution in [-0.2, 0) is 32.0 Å². The van der Waals surface area contributed by atoms with Gasteiger partial charge in [-0.15, -0.1) is 0 Å². The highest BCUT2D eigenvalue weighted by molar-refractivity contribution is 6.40. The molecule has 48 heavy (non-hydrogen) atoms. The molecule has 3 amide bonds. The van der Waals surface area contributed by atoms with Crippen molar-refractivity contribution >= 4 is 64.6 Å². The van der Waals surface area contributed by atoms with Crippen molar-refractivity contribution in [3.8, 4) is 0 Å². The van der Waals surface area contributed by atoms with E-state index in [0.717, 1.165) is 23.1 Å². The highest BCUT2D eigenvalue weighted by atomic mass is 35.5. The summed E-state index contributed by atoms with van der Waals surface area (Å²) in [6.07, 6.45) is -1.36. The molecule has 4 rings (SSSR count). The molecule has 14 heteroatoms. The van der Waals surface area contributed by atoms with E-state index in [1.807, 2.05) is 24.3 Å². The number of Topliss-reactive ketones (excluding diaryl/α,β-unsaturated/α-hetero) is 1. The summed E-state index contributed by atoms with van der Waals surface area (Å²) in [7, 11) is 0. The van der Waals surface area contributed by atoms with Gasteiger partial charge in [-0.2, -0.15) is 0 Å². The Hall–Kier alpha value is -4.32. The number of halogens is 3. The summed E-state index contributed by atoms with van der Waals surface area (Å²) in [5, 5.41) is 8.56. The molecule has 254 valence electrons. The zero-order chi connectivity index (χ0) is 34.8. The van der Waals surface area contributed by atoms with Crippen LogP contribution in [0.15, 0.2) is 60.7 Å². The molecule has 1 unspecified atom stereocenters. The van der Waals surface area contributed by atoms with E-state index >= 15 is 0 Å². The Morgan fingerprint density at radius 2 is 1.65 bits per heavy atom. The lowest BCUT2D eigenvalue weighted by molar-refractivity contribution is -0.172. The maximum absolute atomic E-state index is 13.5. The molecule has 3 aromatic carbocycles. The van der Waals surface area contributed by atoms with Gasteiger partial charge in [-0.1, -0.05) is 71.2 Å². The van der Waals surface area contributed by atoms with Gasteiger partial charge in [0.1, 0.15) is 0 Å². The maximum Gasteiger partial charge on any atom is 0.511 e. The molecule has 0 saturated heterocycles. The Bertz CT molecular complexity index is 1660. The van der Waals surface area contributed by atoms with Crippen molar-refractivity contribution in [1.82, 2.24) is 16.0 Å². The van der Waals surface area contributed by atoms with Crippen LogP contribution < -0.4 is 16.0 Å². The monoisotopic (exact) mass is 717 g/mol. The number of carbonyl (C=O) groups is 5. The predicted octanol–water partition coefficient (Wildman–Crippen LogP) is 6.81. The smallest absolute Gasteiger partial charge is 0.435 e. The van der Waals surface area contributed by atoms with E-state index < -0.39 is 48.5 Å². The van der Waals surface area contributed by atoms with E-state index in [4.69, 9.17) is 49.0 Å². The van der Waals surface area contributed by atoms with Crippen LogP contribution in [0.4, 0.5) is 9.59 Å². The first-order valence-corrected chi connectivity index (χ1v) is 16.3. The number of urea groups is 1. The van der Waals surface area contributed by atoms with Gasteiger partial charge in [0, 0.05) is 37.0 Å². The minimum absolute atomic E-state index is 0.0466. The van der Waals surface area contributed by atoms with Crippen molar-refractivity contribution in [2.24, 2.45) is 5.92 Å². The second kappa shape index (κ2) is 17.2. The van der Waals surface area contributed by atoms with Gasteiger partial charge in [0.05, 0.1) is 34.2 Å². The summed E-state index contributed by atoms with van der Waals surface area (Å²) in [6, 6.07) is 16.6. The molecule has 11 nitrogen and oxygen atoms in total. The van der Waals surface area contributed by atoms with E-state index in [-0.39, 0.29) is 46.9 Å². The summed E-state index contributed by atoms with van der Waals surface area (Å²) in [5.41, 5.74) is 2.91.